The highest BCUT2D eigenvalue weighted by Crippen LogP contribution is 2.44. The second-order valence-corrected chi connectivity index (χ2v) is 8.50. The number of likely N-dealkylation sites (tertiary alicyclic amines) is 1. The van der Waals surface area contributed by atoms with Gasteiger partial charge < -0.3 is 20.1 Å². The summed E-state index contributed by atoms with van der Waals surface area (Å²) in [7, 11) is 1.64. The van der Waals surface area contributed by atoms with E-state index in [-0.39, 0.29) is 5.82 Å². The Hall–Kier alpha value is -1.87. The van der Waals surface area contributed by atoms with Crippen LogP contribution < -0.4 is 10.1 Å². The molecule has 1 aromatic carbocycles. The number of benzene rings is 1. The number of hydrogen-bond acceptors (Lipinski definition) is 4. The van der Waals surface area contributed by atoms with Gasteiger partial charge in [0.15, 0.2) is 0 Å². The zero-order valence-electron chi connectivity index (χ0n) is 17.0. The van der Waals surface area contributed by atoms with Gasteiger partial charge in [-0.2, -0.15) is 13.2 Å². The van der Waals surface area contributed by atoms with E-state index in [1.807, 2.05) is 6.07 Å². The van der Waals surface area contributed by atoms with Gasteiger partial charge in [0.05, 0.1) is 7.11 Å². The Morgan fingerprint density at radius 3 is 2.33 bits per heavy atom. The first-order valence-electron chi connectivity index (χ1n) is 10.2. The highest BCUT2D eigenvalue weighted by atomic mass is 19.4. The summed E-state index contributed by atoms with van der Waals surface area (Å²) in [5, 5.41) is 10.6. The molecule has 30 heavy (non-hydrogen) atoms. The van der Waals surface area contributed by atoms with Gasteiger partial charge in [-0.05, 0) is 68.2 Å². The van der Waals surface area contributed by atoms with Crippen molar-refractivity contribution in [2.24, 2.45) is 5.41 Å². The molecule has 168 valence electrons. The molecule has 5 nitrogen and oxygen atoms in total. The zero-order chi connectivity index (χ0) is 21.9. The number of rotatable bonds is 3. The number of carbonyl (C=O) groups is 1. The minimum Gasteiger partial charge on any atom is -0.496 e. The predicted octanol–water partition coefficient (Wildman–Crippen LogP) is 3.79. The van der Waals surface area contributed by atoms with Gasteiger partial charge in [-0.3, -0.25) is 0 Å². The van der Waals surface area contributed by atoms with Crippen LogP contribution in [0.2, 0.25) is 0 Å². The number of hydrogen-bond donors (Lipinski definition) is 2. The van der Waals surface area contributed by atoms with Gasteiger partial charge in [0, 0.05) is 25.2 Å². The second-order valence-electron chi connectivity index (χ2n) is 8.50. The fourth-order valence-corrected chi connectivity index (χ4v) is 4.89. The fourth-order valence-electron chi connectivity index (χ4n) is 4.89. The van der Waals surface area contributed by atoms with Crippen LogP contribution >= 0.6 is 0 Å². The molecule has 1 aliphatic carbocycles. The van der Waals surface area contributed by atoms with E-state index in [1.165, 1.54) is 57.1 Å². The minimum absolute atomic E-state index is 0.214. The van der Waals surface area contributed by atoms with Gasteiger partial charge in [-0.15, -0.1) is 0 Å². The molecule has 9 heteroatoms. The van der Waals surface area contributed by atoms with Gasteiger partial charge in [-0.1, -0.05) is 6.07 Å². The Labute approximate surface area is 173 Å². The van der Waals surface area contributed by atoms with E-state index in [1.54, 1.807) is 13.2 Å². The molecule has 1 aromatic rings. The lowest BCUT2D eigenvalue weighted by atomic mass is 9.80. The van der Waals surface area contributed by atoms with Gasteiger partial charge in [0.2, 0.25) is 0 Å². The number of carboxylic acid groups (broad SMARTS) is 1. The molecule has 2 saturated heterocycles. The molecular formula is C21H28F4N2O3. The standard InChI is InChI=1S/C19H27FN2O.C2HF3O2/c1-23-18-10-15(20)2-3-17(18)14-5-8-22(9-6-14)16-4-7-19(11-16)12-21-13-19;3-2(4,5)1(6)7/h2-3,10,14,16,21H,4-9,11-13H2,1H3;(H,6,7)/t16-;/m1./s1. The average molecular weight is 432 g/mol. The number of nitrogens with one attached hydrogen (secondary N) is 1. The molecule has 3 aliphatic rings. The molecule has 2 aliphatic heterocycles. The third kappa shape index (κ3) is 5.24. The van der Waals surface area contributed by atoms with E-state index in [2.05, 4.69) is 10.2 Å². The maximum Gasteiger partial charge on any atom is 0.490 e. The summed E-state index contributed by atoms with van der Waals surface area (Å²) in [5.74, 6) is -1.76. The predicted molar refractivity (Wildman–Crippen MR) is 103 cm³/mol. The third-order valence-corrected chi connectivity index (χ3v) is 6.60. The molecule has 2 heterocycles. The third-order valence-electron chi connectivity index (χ3n) is 6.60. The molecule has 3 fully saturated rings. The summed E-state index contributed by atoms with van der Waals surface area (Å²) in [4.78, 5) is 11.6. The molecule has 0 unspecified atom stereocenters. The number of methoxy groups -OCH3 is 1. The van der Waals surface area contributed by atoms with Crippen molar-refractivity contribution in [1.82, 2.24) is 10.2 Å². The first kappa shape index (κ1) is 22.8. The summed E-state index contributed by atoms with van der Waals surface area (Å²) in [6, 6.07) is 5.79. The quantitative estimate of drug-likeness (QED) is 0.712. The number of piperidine rings is 1. The molecule has 0 radical (unpaired) electrons. The lowest BCUT2D eigenvalue weighted by Crippen LogP contribution is -2.52. The van der Waals surface area contributed by atoms with Gasteiger partial charge >= 0.3 is 12.1 Å². The zero-order valence-corrected chi connectivity index (χ0v) is 17.0. The Morgan fingerprint density at radius 1 is 1.23 bits per heavy atom. The van der Waals surface area contributed by atoms with Crippen LogP contribution in [0.1, 0.15) is 43.6 Å². The van der Waals surface area contributed by atoms with Crippen molar-refractivity contribution in [1.29, 1.82) is 0 Å². The maximum atomic E-state index is 13.4. The van der Waals surface area contributed by atoms with Crippen LogP contribution in [0.25, 0.3) is 0 Å². The normalized spacial score (nSPS) is 24.1. The number of nitrogens with zero attached hydrogens (tertiary/aromatic N) is 1. The molecule has 0 bridgehead atoms. The van der Waals surface area contributed by atoms with Gasteiger partial charge in [0.25, 0.3) is 0 Å². The van der Waals surface area contributed by atoms with Crippen LogP contribution in [0, 0.1) is 11.2 Å². The number of carboxylic acids is 1. The second kappa shape index (κ2) is 9.09. The molecule has 0 aromatic heterocycles. The van der Waals surface area contributed by atoms with E-state index in [0.29, 0.717) is 17.1 Å². The fraction of sp³-hybridized carbons (Fsp3) is 0.667. The lowest BCUT2D eigenvalue weighted by molar-refractivity contribution is -0.192. The Morgan fingerprint density at radius 2 is 1.87 bits per heavy atom. The first-order valence-corrected chi connectivity index (χ1v) is 10.2. The maximum absolute atomic E-state index is 13.4. The van der Waals surface area contributed by atoms with Crippen LogP contribution in [-0.4, -0.2) is 61.5 Å². The van der Waals surface area contributed by atoms with Crippen molar-refractivity contribution in [2.75, 3.05) is 33.3 Å². The van der Waals surface area contributed by atoms with E-state index in [9.17, 15) is 17.6 Å². The van der Waals surface area contributed by atoms with E-state index in [0.717, 1.165) is 18.9 Å². The van der Waals surface area contributed by atoms with E-state index >= 15 is 0 Å². The number of aliphatic carboxylic acids is 1. The van der Waals surface area contributed by atoms with E-state index < -0.39 is 12.1 Å². The largest absolute Gasteiger partial charge is 0.496 e. The summed E-state index contributed by atoms with van der Waals surface area (Å²) < 4.78 is 50.5. The summed E-state index contributed by atoms with van der Waals surface area (Å²) in [6.07, 6.45) is 1.38. The van der Waals surface area contributed by atoms with Crippen molar-refractivity contribution < 1.29 is 32.2 Å². The first-order chi connectivity index (χ1) is 14.1. The van der Waals surface area contributed by atoms with Crippen LogP contribution in [-0.2, 0) is 4.79 Å². The number of halogens is 4. The SMILES string of the molecule is COc1cc(F)ccc1C1CCN([C@@H]2CCC3(CNC3)C2)CC1.O=C(O)C(F)(F)F. The average Bonchev–Trinajstić information content (AvgIpc) is 3.14. The molecule has 1 spiro atoms. The molecule has 1 saturated carbocycles. The smallest absolute Gasteiger partial charge is 0.490 e. The Kier molecular flexibility index (Phi) is 6.91. The topological polar surface area (TPSA) is 61.8 Å². The summed E-state index contributed by atoms with van der Waals surface area (Å²) in [5.41, 5.74) is 1.81. The van der Waals surface area contributed by atoms with Crippen LogP contribution in [0.5, 0.6) is 5.75 Å². The van der Waals surface area contributed by atoms with E-state index in [4.69, 9.17) is 14.6 Å². The van der Waals surface area contributed by atoms with Crippen molar-refractivity contribution in [3.8, 4) is 5.75 Å². The molecule has 2 N–H and O–H groups in total. The van der Waals surface area contributed by atoms with Crippen molar-refractivity contribution in [3.63, 3.8) is 0 Å². The van der Waals surface area contributed by atoms with Crippen LogP contribution in [0.4, 0.5) is 17.6 Å². The minimum atomic E-state index is -5.08. The van der Waals surface area contributed by atoms with Crippen LogP contribution in [0.15, 0.2) is 18.2 Å². The Balaban J connectivity index is 0.000000318. The highest BCUT2D eigenvalue weighted by molar-refractivity contribution is 5.73. The summed E-state index contributed by atoms with van der Waals surface area (Å²) in [6.45, 7) is 4.79. The Bertz CT molecular complexity index is 744. The number of ether oxygens (including phenoxy) is 1. The molecule has 0 amide bonds. The van der Waals surface area contributed by atoms with Gasteiger partial charge in [0.1, 0.15) is 11.6 Å². The number of alkyl halides is 3. The molecule has 4 rings (SSSR count). The van der Waals surface area contributed by atoms with Gasteiger partial charge in [-0.25, -0.2) is 9.18 Å². The monoisotopic (exact) mass is 432 g/mol. The van der Waals surface area contributed by atoms with Crippen molar-refractivity contribution >= 4 is 5.97 Å². The highest BCUT2D eigenvalue weighted by Gasteiger charge is 2.45. The van der Waals surface area contributed by atoms with Crippen LogP contribution in [0.3, 0.4) is 0 Å². The van der Waals surface area contributed by atoms with Crippen molar-refractivity contribution in [2.45, 2.75) is 50.2 Å². The molecule has 1 atom stereocenters. The summed E-state index contributed by atoms with van der Waals surface area (Å²) >= 11 is 0. The lowest BCUT2D eigenvalue weighted by Gasteiger charge is -2.41. The van der Waals surface area contributed by atoms with Crippen molar-refractivity contribution in [3.05, 3.63) is 29.6 Å². The molecular weight excluding hydrogens is 404 g/mol.